The van der Waals surface area contributed by atoms with E-state index in [2.05, 4.69) is 21.2 Å². The van der Waals surface area contributed by atoms with E-state index in [0.29, 0.717) is 11.3 Å². The molecule has 1 heterocycles. The van der Waals surface area contributed by atoms with E-state index >= 15 is 0 Å². The number of carbonyl (C=O) groups excluding carboxylic acids is 2. The Kier molecular flexibility index (Phi) is 4.58. The Labute approximate surface area is 121 Å². The molecule has 1 aromatic rings. The fourth-order valence-corrected chi connectivity index (χ4v) is 2.16. The first-order valence-electron chi connectivity index (χ1n) is 6.42. The lowest BCUT2D eigenvalue weighted by atomic mass is 10.2. The Balaban J connectivity index is 2.01. The number of nitrogens with one attached hydrogen (secondary N) is 1. The van der Waals surface area contributed by atoms with Gasteiger partial charge in [0.25, 0.3) is 5.91 Å². The monoisotopic (exact) mass is 324 g/mol. The van der Waals surface area contributed by atoms with Crippen LogP contribution in [0.3, 0.4) is 0 Å². The van der Waals surface area contributed by atoms with Gasteiger partial charge in [-0.15, -0.1) is 0 Å². The molecule has 1 atom stereocenters. The number of rotatable bonds is 3. The summed E-state index contributed by atoms with van der Waals surface area (Å²) < 4.78 is 0. The number of carbonyl (C=O) groups is 2. The lowest BCUT2D eigenvalue weighted by molar-refractivity contribution is -0.115. The number of halogens is 1. The molecule has 1 aliphatic heterocycles. The van der Waals surface area contributed by atoms with Gasteiger partial charge in [0.2, 0.25) is 5.91 Å². The van der Waals surface area contributed by atoms with E-state index < -0.39 is 0 Å². The number of nitrogens with zero attached hydrogens (tertiary/aromatic N) is 1. The quantitative estimate of drug-likeness (QED) is 0.869. The van der Waals surface area contributed by atoms with Gasteiger partial charge in [0.1, 0.15) is 0 Å². The maximum Gasteiger partial charge on any atom is 0.253 e. The largest absolute Gasteiger partial charge is 0.339 e. The molecular formula is C14H17BrN2O2. The minimum atomic E-state index is -0.238. The summed E-state index contributed by atoms with van der Waals surface area (Å²) in [6.07, 6.45) is 2.17. The first-order valence-corrected chi connectivity index (χ1v) is 7.34. The lowest BCUT2D eigenvalue weighted by Crippen LogP contribution is -2.27. The molecule has 1 saturated heterocycles. The van der Waals surface area contributed by atoms with Crippen molar-refractivity contribution < 1.29 is 9.59 Å². The van der Waals surface area contributed by atoms with Crippen LogP contribution in [0, 0.1) is 0 Å². The zero-order chi connectivity index (χ0) is 13.8. The molecule has 1 N–H and O–H groups in total. The average Bonchev–Trinajstić information content (AvgIpc) is 2.92. The second kappa shape index (κ2) is 6.19. The molecule has 2 rings (SSSR count). The van der Waals surface area contributed by atoms with Gasteiger partial charge >= 0.3 is 0 Å². The fraction of sp³-hybridized carbons (Fsp3) is 0.429. The zero-order valence-electron chi connectivity index (χ0n) is 10.9. The number of likely N-dealkylation sites (tertiary alicyclic amines) is 1. The normalized spacial score (nSPS) is 16.2. The van der Waals surface area contributed by atoms with E-state index in [9.17, 15) is 9.59 Å². The summed E-state index contributed by atoms with van der Waals surface area (Å²) in [5.41, 5.74) is 1.38. The van der Waals surface area contributed by atoms with Crippen molar-refractivity contribution in [1.29, 1.82) is 0 Å². The summed E-state index contributed by atoms with van der Waals surface area (Å²) in [5, 5.41) is 2.77. The van der Waals surface area contributed by atoms with Crippen molar-refractivity contribution in [3.63, 3.8) is 0 Å². The van der Waals surface area contributed by atoms with Gasteiger partial charge in [0.05, 0.1) is 4.83 Å². The van der Waals surface area contributed by atoms with E-state index in [1.165, 1.54) is 0 Å². The molecule has 0 aliphatic carbocycles. The van der Waals surface area contributed by atoms with Gasteiger partial charge in [-0.05, 0) is 44.0 Å². The molecule has 2 amide bonds. The smallest absolute Gasteiger partial charge is 0.253 e. The Bertz CT molecular complexity index is 465. The third kappa shape index (κ3) is 3.56. The molecule has 1 fully saturated rings. The highest BCUT2D eigenvalue weighted by Crippen LogP contribution is 2.16. The van der Waals surface area contributed by atoms with Crippen molar-refractivity contribution >= 4 is 33.4 Å². The van der Waals surface area contributed by atoms with E-state index in [1.54, 1.807) is 31.2 Å². The van der Waals surface area contributed by atoms with Gasteiger partial charge in [-0.25, -0.2) is 0 Å². The van der Waals surface area contributed by atoms with E-state index in [0.717, 1.165) is 25.9 Å². The van der Waals surface area contributed by atoms with Crippen LogP contribution in [0.25, 0.3) is 0 Å². The molecule has 102 valence electrons. The minimum absolute atomic E-state index is 0.0734. The average molecular weight is 325 g/mol. The molecule has 19 heavy (non-hydrogen) atoms. The number of anilines is 1. The van der Waals surface area contributed by atoms with Crippen LogP contribution < -0.4 is 5.32 Å². The summed E-state index contributed by atoms with van der Waals surface area (Å²) in [7, 11) is 0. The Morgan fingerprint density at radius 2 is 1.79 bits per heavy atom. The number of hydrogen-bond acceptors (Lipinski definition) is 2. The molecule has 0 radical (unpaired) electrons. The number of amides is 2. The van der Waals surface area contributed by atoms with Crippen LogP contribution in [0.5, 0.6) is 0 Å². The predicted octanol–water partition coefficient (Wildman–Crippen LogP) is 2.64. The van der Waals surface area contributed by atoms with E-state index in [1.807, 2.05) is 4.90 Å². The van der Waals surface area contributed by atoms with Gasteiger partial charge < -0.3 is 10.2 Å². The van der Waals surface area contributed by atoms with Crippen molar-refractivity contribution in [3.8, 4) is 0 Å². The Morgan fingerprint density at radius 3 is 2.32 bits per heavy atom. The fourth-order valence-electron chi connectivity index (χ4n) is 2.04. The Hall–Kier alpha value is -1.36. The lowest BCUT2D eigenvalue weighted by Gasteiger charge is -2.15. The summed E-state index contributed by atoms with van der Waals surface area (Å²) in [6, 6.07) is 7.04. The van der Waals surface area contributed by atoms with E-state index in [4.69, 9.17) is 0 Å². The molecule has 1 unspecified atom stereocenters. The SMILES string of the molecule is CC(Br)C(=O)Nc1ccc(C(=O)N2CCCC2)cc1. The van der Waals surface area contributed by atoms with E-state index in [-0.39, 0.29) is 16.6 Å². The summed E-state index contributed by atoms with van der Waals surface area (Å²) in [4.78, 5) is 25.3. The first kappa shape index (κ1) is 14.1. The topological polar surface area (TPSA) is 49.4 Å². The molecule has 0 saturated carbocycles. The van der Waals surface area contributed by atoms with Crippen LogP contribution in [-0.2, 0) is 4.79 Å². The molecular weight excluding hydrogens is 308 g/mol. The van der Waals surface area contributed by atoms with Crippen LogP contribution in [0.4, 0.5) is 5.69 Å². The highest BCUT2D eigenvalue weighted by molar-refractivity contribution is 9.10. The maximum atomic E-state index is 12.1. The standard InChI is InChI=1S/C14H17BrN2O2/c1-10(15)13(18)16-12-6-4-11(5-7-12)14(19)17-8-2-3-9-17/h4-7,10H,2-3,8-9H2,1H3,(H,16,18). The van der Waals surface area contributed by atoms with Gasteiger partial charge in [-0.2, -0.15) is 0 Å². The molecule has 5 heteroatoms. The van der Waals surface area contributed by atoms with Crippen molar-refractivity contribution in [1.82, 2.24) is 4.90 Å². The second-order valence-corrected chi connectivity index (χ2v) is 6.06. The minimum Gasteiger partial charge on any atom is -0.339 e. The second-order valence-electron chi connectivity index (χ2n) is 4.68. The van der Waals surface area contributed by atoms with Crippen LogP contribution in [0.2, 0.25) is 0 Å². The van der Waals surface area contributed by atoms with Crippen molar-refractivity contribution in [3.05, 3.63) is 29.8 Å². The molecule has 0 aromatic heterocycles. The first-order chi connectivity index (χ1) is 9.08. The summed E-state index contributed by atoms with van der Waals surface area (Å²) in [6.45, 7) is 3.46. The van der Waals surface area contributed by atoms with Gasteiger partial charge in [-0.1, -0.05) is 15.9 Å². The highest BCUT2D eigenvalue weighted by atomic mass is 79.9. The number of hydrogen-bond donors (Lipinski definition) is 1. The highest BCUT2D eigenvalue weighted by Gasteiger charge is 2.19. The third-order valence-electron chi connectivity index (χ3n) is 3.15. The van der Waals surface area contributed by atoms with Crippen LogP contribution in [-0.4, -0.2) is 34.6 Å². The van der Waals surface area contributed by atoms with Crippen LogP contribution in [0.15, 0.2) is 24.3 Å². The zero-order valence-corrected chi connectivity index (χ0v) is 12.4. The summed E-state index contributed by atoms with van der Waals surface area (Å²) >= 11 is 3.21. The van der Waals surface area contributed by atoms with Crippen molar-refractivity contribution in [2.75, 3.05) is 18.4 Å². The Morgan fingerprint density at radius 1 is 1.21 bits per heavy atom. The number of alkyl halides is 1. The van der Waals surface area contributed by atoms with Gasteiger partial charge in [-0.3, -0.25) is 9.59 Å². The van der Waals surface area contributed by atoms with Crippen molar-refractivity contribution in [2.24, 2.45) is 0 Å². The summed E-state index contributed by atoms with van der Waals surface area (Å²) in [5.74, 6) is -0.0251. The molecule has 0 spiro atoms. The van der Waals surface area contributed by atoms with Crippen LogP contribution in [0.1, 0.15) is 30.1 Å². The third-order valence-corrected chi connectivity index (χ3v) is 3.57. The van der Waals surface area contributed by atoms with Crippen LogP contribution >= 0.6 is 15.9 Å². The maximum absolute atomic E-state index is 12.1. The molecule has 0 bridgehead atoms. The van der Waals surface area contributed by atoms with Gasteiger partial charge in [0, 0.05) is 24.3 Å². The number of benzene rings is 1. The van der Waals surface area contributed by atoms with Gasteiger partial charge in [0.15, 0.2) is 0 Å². The molecule has 4 nitrogen and oxygen atoms in total. The molecule has 1 aliphatic rings. The molecule has 1 aromatic carbocycles. The van der Waals surface area contributed by atoms with Crippen molar-refractivity contribution in [2.45, 2.75) is 24.6 Å². The predicted molar refractivity (Wildman–Crippen MR) is 78.6 cm³/mol.